The van der Waals surface area contributed by atoms with Gasteiger partial charge in [0.15, 0.2) is 6.07 Å². The molecular formula is C21H23ClN2O4. The summed E-state index contributed by atoms with van der Waals surface area (Å²) in [6.45, 7) is 3.67. The first-order chi connectivity index (χ1) is 13.7. The van der Waals surface area contributed by atoms with Gasteiger partial charge in [0.2, 0.25) is 0 Å². The number of alkyl halides is 1. The monoisotopic (exact) mass is 402 g/mol. The summed E-state index contributed by atoms with van der Waals surface area (Å²) in [7, 11) is 0. The number of aromatic nitrogens is 1. The van der Waals surface area contributed by atoms with E-state index in [-0.39, 0.29) is 30.0 Å². The van der Waals surface area contributed by atoms with E-state index < -0.39 is 0 Å². The number of ether oxygens (including phenoxy) is 2. The lowest BCUT2D eigenvalue weighted by Crippen LogP contribution is -2.31. The van der Waals surface area contributed by atoms with Gasteiger partial charge in [-0.25, -0.2) is 4.79 Å². The number of fused-ring (bicyclic) bond motifs is 5. The minimum atomic E-state index is -0.346. The SMILES string of the molecule is CCOC(=O)/C1=C/CCN2CCC(C(=O)OCCl)C2c2c1[nH]c1ccccc21. The van der Waals surface area contributed by atoms with Crippen molar-refractivity contribution < 1.29 is 19.1 Å². The molecule has 2 unspecified atom stereocenters. The molecule has 0 aliphatic carbocycles. The highest BCUT2D eigenvalue weighted by molar-refractivity contribution is 6.18. The van der Waals surface area contributed by atoms with E-state index in [2.05, 4.69) is 9.88 Å². The molecule has 7 heteroatoms. The number of halogens is 1. The zero-order valence-electron chi connectivity index (χ0n) is 15.7. The van der Waals surface area contributed by atoms with Crippen LogP contribution in [-0.4, -0.2) is 47.6 Å². The molecule has 0 saturated carbocycles. The molecule has 0 spiro atoms. The number of para-hydroxylation sites is 1. The van der Waals surface area contributed by atoms with Crippen molar-refractivity contribution in [1.29, 1.82) is 0 Å². The summed E-state index contributed by atoms with van der Waals surface area (Å²) >= 11 is 5.65. The van der Waals surface area contributed by atoms with Gasteiger partial charge in [-0.05, 0) is 32.4 Å². The van der Waals surface area contributed by atoms with Crippen molar-refractivity contribution in [2.24, 2.45) is 5.92 Å². The molecule has 2 aliphatic rings. The fourth-order valence-corrected chi connectivity index (χ4v) is 4.56. The molecule has 2 aliphatic heterocycles. The van der Waals surface area contributed by atoms with Crippen LogP contribution in [0.25, 0.3) is 16.5 Å². The first-order valence-electron chi connectivity index (χ1n) is 9.60. The quantitative estimate of drug-likeness (QED) is 0.624. The summed E-state index contributed by atoms with van der Waals surface area (Å²) in [5, 5.41) is 1.01. The molecule has 1 N–H and O–H groups in total. The minimum absolute atomic E-state index is 0.156. The Kier molecular flexibility index (Phi) is 5.42. The van der Waals surface area contributed by atoms with Crippen LogP contribution in [0, 0.1) is 5.92 Å². The Bertz CT molecular complexity index is 936. The predicted octanol–water partition coefficient (Wildman–Crippen LogP) is 3.62. The lowest BCUT2D eigenvalue weighted by atomic mass is 9.88. The number of carbonyl (C=O) groups is 2. The van der Waals surface area contributed by atoms with Crippen molar-refractivity contribution >= 4 is 40.0 Å². The Morgan fingerprint density at radius 1 is 1.25 bits per heavy atom. The molecule has 0 radical (unpaired) electrons. The number of rotatable bonds is 4. The molecule has 2 aromatic rings. The molecule has 2 atom stereocenters. The first kappa shape index (κ1) is 19.0. The molecule has 3 heterocycles. The zero-order valence-corrected chi connectivity index (χ0v) is 16.5. The highest BCUT2D eigenvalue weighted by atomic mass is 35.5. The third-order valence-corrected chi connectivity index (χ3v) is 5.68. The number of esters is 2. The highest BCUT2D eigenvalue weighted by Crippen LogP contribution is 2.45. The molecule has 1 aromatic carbocycles. The van der Waals surface area contributed by atoms with Crippen molar-refractivity contribution in [3.8, 4) is 0 Å². The summed E-state index contributed by atoms with van der Waals surface area (Å²) in [6, 6.07) is 7.60. The maximum absolute atomic E-state index is 12.7. The molecule has 0 bridgehead atoms. The number of carbonyl (C=O) groups excluding carboxylic acids is 2. The van der Waals surface area contributed by atoms with Crippen molar-refractivity contribution in [3.05, 3.63) is 41.6 Å². The number of H-pyrrole nitrogens is 1. The molecule has 28 heavy (non-hydrogen) atoms. The number of hydrogen-bond donors (Lipinski definition) is 1. The van der Waals surface area contributed by atoms with Crippen LogP contribution in [0.1, 0.15) is 37.1 Å². The van der Waals surface area contributed by atoms with Gasteiger partial charge < -0.3 is 14.5 Å². The minimum Gasteiger partial charge on any atom is -0.462 e. The smallest absolute Gasteiger partial charge is 0.339 e. The summed E-state index contributed by atoms with van der Waals surface area (Å²) in [4.78, 5) is 31.0. The maximum atomic E-state index is 12.7. The molecule has 1 aromatic heterocycles. The fourth-order valence-electron chi connectivity index (χ4n) is 4.45. The van der Waals surface area contributed by atoms with Crippen LogP contribution in [0.5, 0.6) is 0 Å². The van der Waals surface area contributed by atoms with Gasteiger partial charge in [0, 0.05) is 23.0 Å². The van der Waals surface area contributed by atoms with E-state index in [1.165, 1.54) is 0 Å². The Morgan fingerprint density at radius 2 is 2.07 bits per heavy atom. The largest absolute Gasteiger partial charge is 0.462 e. The lowest BCUT2D eigenvalue weighted by Gasteiger charge is -2.30. The van der Waals surface area contributed by atoms with E-state index >= 15 is 0 Å². The Labute approximate surface area is 168 Å². The van der Waals surface area contributed by atoms with Gasteiger partial charge >= 0.3 is 11.9 Å². The van der Waals surface area contributed by atoms with E-state index in [1.807, 2.05) is 30.3 Å². The summed E-state index contributed by atoms with van der Waals surface area (Å²) < 4.78 is 10.5. The summed E-state index contributed by atoms with van der Waals surface area (Å²) in [5.74, 6) is -0.958. The number of hydrogen-bond acceptors (Lipinski definition) is 5. The molecule has 148 valence electrons. The van der Waals surface area contributed by atoms with Gasteiger partial charge in [0.05, 0.1) is 29.8 Å². The first-order valence-corrected chi connectivity index (χ1v) is 10.1. The standard InChI is InChI=1S/C21H23ClN2O4/c1-2-27-20(25)14-7-5-10-24-11-9-15(21(26)28-12-22)19(24)17-13-6-3-4-8-16(13)23-18(14)17/h3-4,6-8,15,19,23H,2,5,9-12H2,1H3/b14-7+. The lowest BCUT2D eigenvalue weighted by molar-refractivity contribution is -0.147. The van der Waals surface area contributed by atoms with Gasteiger partial charge in [-0.3, -0.25) is 9.69 Å². The molecule has 4 rings (SSSR count). The molecule has 0 amide bonds. The van der Waals surface area contributed by atoms with Crippen molar-refractivity contribution in [2.45, 2.75) is 25.8 Å². The van der Waals surface area contributed by atoms with Gasteiger partial charge in [-0.1, -0.05) is 35.9 Å². The molecule has 6 nitrogen and oxygen atoms in total. The fraction of sp³-hybridized carbons (Fsp3) is 0.429. The molecular weight excluding hydrogens is 380 g/mol. The number of benzene rings is 1. The second-order valence-corrected chi connectivity index (χ2v) is 7.25. The van der Waals surface area contributed by atoms with E-state index in [1.54, 1.807) is 6.92 Å². The van der Waals surface area contributed by atoms with E-state index in [4.69, 9.17) is 21.1 Å². The maximum Gasteiger partial charge on any atom is 0.339 e. The predicted molar refractivity (Wildman–Crippen MR) is 107 cm³/mol. The van der Waals surface area contributed by atoms with E-state index in [9.17, 15) is 9.59 Å². The molecule has 1 fully saturated rings. The van der Waals surface area contributed by atoms with Gasteiger partial charge in [0.25, 0.3) is 0 Å². The van der Waals surface area contributed by atoms with Crippen LogP contribution in [0.4, 0.5) is 0 Å². The normalized spacial score (nSPS) is 23.9. The van der Waals surface area contributed by atoms with Crippen molar-refractivity contribution in [3.63, 3.8) is 0 Å². The summed E-state index contributed by atoms with van der Waals surface area (Å²) in [5.41, 5.74) is 3.16. The van der Waals surface area contributed by atoms with Crippen molar-refractivity contribution in [1.82, 2.24) is 9.88 Å². The Hall–Kier alpha value is -2.31. The van der Waals surface area contributed by atoms with Crippen molar-refractivity contribution in [2.75, 3.05) is 25.8 Å². The Balaban J connectivity index is 1.90. The van der Waals surface area contributed by atoms with Gasteiger partial charge in [-0.2, -0.15) is 0 Å². The van der Waals surface area contributed by atoms with E-state index in [0.717, 1.165) is 35.2 Å². The van der Waals surface area contributed by atoms with Crippen LogP contribution in [-0.2, 0) is 19.1 Å². The Morgan fingerprint density at radius 3 is 2.86 bits per heavy atom. The van der Waals surface area contributed by atoms with Crippen LogP contribution in [0.15, 0.2) is 30.3 Å². The van der Waals surface area contributed by atoms with E-state index in [0.29, 0.717) is 25.0 Å². The topological polar surface area (TPSA) is 71.6 Å². The second kappa shape index (κ2) is 7.97. The number of nitrogens with zero attached hydrogens (tertiary/aromatic N) is 1. The second-order valence-electron chi connectivity index (χ2n) is 7.03. The number of aromatic amines is 1. The van der Waals surface area contributed by atoms with Gasteiger partial charge in [0.1, 0.15) is 0 Å². The third-order valence-electron chi connectivity index (χ3n) is 5.57. The average molecular weight is 403 g/mol. The number of nitrogens with one attached hydrogen (secondary N) is 1. The van der Waals surface area contributed by atoms with Crippen LogP contribution in [0.3, 0.4) is 0 Å². The summed E-state index contributed by atoms with van der Waals surface area (Å²) in [6.07, 6.45) is 3.34. The van der Waals surface area contributed by atoms with Crippen LogP contribution >= 0.6 is 11.6 Å². The van der Waals surface area contributed by atoms with Crippen LogP contribution in [0.2, 0.25) is 0 Å². The third kappa shape index (κ3) is 3.20. The zero-order chi connectivity index (χ0) is 19.7. The average Bonchev–Trinajstić information content (AvgIpc) is 3.24. The van der Waals surface area contributed by atoms with Gasteiger partial charge in [-0.15, -0.1) is 0 Å². The molecule has 1 saturated heterocycles. The highest BCUT2D eigenvalue weighted by Gasteiger charge is 2.44. The van der Waals surface area contributed by atoms with Crippen LogP contribution < -0.4 is 0 Å².